The number of hydrogen-bond donors (Lipinski definition) is 3. The first-order valence-electron chi connectivity index (χ1n) is 8.73. The number of benzene rings is 1. The van der Waals surface area contributed by atoms with Gasteiger partial charge in [0.15, 0.2) is 5.96 Å². The Morgan fingerprint density at radius 3 is 2.48 bits per heavy atom. The van der Waals surface area contributed by atoms with Crippen molar-refractivity contribution in [3.8, 4) is 0 Å². The third-order valence-electron chi connectivity index (χ3n) is 3.65. The minimum atomic E-state index is -0.572. The lowest BCUT2D eigenvalue weighted by atomic mass is 10.1. The van der Waals surface area contributed by atoms with Crippen molar-refractivity contribution in [1.82, 2.24) is 15.5 Å². The average molecular weight is 487 g/mol. The van der Waals surface area contributed by atoms with E-state index in [2.05, 4.69) is 27.1 Å². The van der Waals surface area contributed by atoms with Gasteiger partial charge in [-0.25, -0.2) is 4.99 Å². The van der Waals surface area contributed by atoms with E-state index in [4.69, 9.17) is 5.73 Å². The highest BCUT2D eigenvalue weighted by Gasteiger charge is 2.07. The Morgan fingerprint density at radius 1 is 1.26 bits per heavy atom. The van der Waals surface area contributed by atoms with Crippen molar-refractivity contribution in [2.45, 2.75) is 26.3 Å². The van der Waals surface area contributed by atoms with Gasteiger partial charge in [-0.3, -0.25) is 9.59 Å². The molecule has 0 saturated heterocycles. The molecule has 0 aliphatic rings. The summed E-state index contributed by atoms with van der Waals surface area (Å²) in [5.74, 6) is -0.0496. The Balaban J connectivity index is 0.00000676. The number of nitrogens with one attached hydrogen (secondary N) is 2. The largest absolute Gasteiger partial charge is 0.368 e. The van der Waals surface area contributed by atoms with Crippen molar-refractivity contribution in [3.05, 3.63) is 48.0 Å². The van der Waals surface area contributed by atoms with Crippen molar-refractivity contribution in [3.63, 3.8) is 0 Å². The van der Waals surface area contributed by atoms with Crippen LogP contribution in [0.4, 0.5) is 0 Å². The number of guanidine groups is 1. The highest BCUT2D eigenvalue weighted by molar-refractivity contribution is 14.0. The van der Waals surface area contributed by atoms with Gasteiger partial charge in [-0.05, 0) is 37.5 Å². The molecule has 0 radical (unpaired) electrons. The molecule has 0 aliphatic heterocycles. The molecule has 7 nitrogen and oxygen atoms in total. The molecule has 8 heteroatoms. The van der Waals surface area contributed by atoms with Gasteiger partial charge in [-0.2, -0.15) is 0 Å². The number of amides is 2. The Labute approximate surface area is 178 Å². The summed E-state index contributed by atoms with van der Waals surface area (Å²) >= 11 is 0. The van der Waals surface area contributed by atoms with Crippen molar-refractivity contribution in [1.29, 1.82) is 0 Å². The van der Waals surface area contributed by atoms with E-state index in [0.29, 0.717) is 12.1 Å². The predicted octanol–water partition coefficient (Wildman–Crippen LogP) is 1.88. The van der Waals surface area contributed by atoms with Crippen LogP contribution in [-0.2, 0) is 11.3 Å². The van der Waals surface area contributed by atoms with Crippen LogP contribution in [0.15, 0.2) is 41.9 Å². The molecule has 1 rings (SSSR count). The first kappa shape index (κ1) is 24.9. The van der Waals surface area contributed by atoms with Crippen LogP contribution in [0, 0.1) is 0 Å². The summed E-state index contributed by atoms with van der Waals surface area (Å²) in [6.45, 7) is 7.81. The fourth-order valence-corrected chi connectivity index (χ4v) is 2.25. The molecule has 150 valence electrons. The molecule has 0 unspecified atom stereocenters. The van der Waals surface area contributed by atoms with Gasteiger partial charge in [0.1, 0.15) is 0 Å². The van der Waals surface area contributed by atoms with Crippen LogP contribution in [0.3, 0.4) is 0 Å². The van der Waals surface area contributed by atoms with Crippen molar-refractivity contribution in [2.75, 3.05) is 26.7 Å². The quantitative estimate of drug-likeness (QED) is 0.154. The topological polar surface area (TPSA) is 99.8 Å². The number of hydrogen-bond acceptors (Lipinski definition) is 3. The molecule has 27 heavy (non-hydrogen) atoms. The highest BCUT2D eigenvalue weighted by Crippen LogP contribution is 2.06. The van der Waals surface area contributed by atoms with Gasteiger partial charge in [-0.1, -0.05) is 18.2 Å². The lowest BCUT2D eigenvalue weighted by Gasteiger charge is -2.21. The smallest absolute Gasteiger partial charge is 0.251 e. The molecule has 4 N–H and O–H groups in total. The molecule has 0 spiro atoms. The molecule has 1 aromatic rings. The summed E-state index contributed by atoms with van der Waals surface area (Å²) in [5.41, 5.74) is 6.49. The van der Waals surface area contributed by atoms with E-state index >= 15 is 0 Å². The summed E-state index contributed by atoms with van der Waals surface area (Å²) in [7, 11) is 2.01. The zero-order chi connectivity index (χ0) is 19.4. The number of primary amides is 1. The molecular formula is C19H30IN5O2. The number of aliphatic imine (C=N–C) groups is 1. The second kappa shape index (κ2) is 14.0. The number of rotatable bonds is 10. The van der Waals surface area contributed by atoms with Crippen molar-refractivity contribution < 1.29 is 9.59 Å². The molecule has 0 atom stereocenters. The first-order valence-corrected chi connectivity index (χ1v) is 8.73. The number of halogens is 1. The fraction of sp³-hybridized carbons (Fsp3) is 0.421. The molecular weight excluding hydrogens is 457 g/mol. The summed E-state index contributed by atoms with van der Waals surface area (Å²) in [5, 5.41) is 5.74. The number of carbonyl (C=O) groups is 2. The summed E-state index contributed by atoms with van der Waals surface area (Å²) in [6, 6.07) is 7.12. The average Bonchev–Trinajstić information content (AvgIpc) is 2.63. The molecule has 0 bridgehead atoms. The van der Waals surface area contributed by atoms with Crippen LogP contribution in [0.5, 0.6) is 0 Å². The lowest BCUT2D eigenvalue weighted by Crippen LogP contribution is -2.39. The molecule has 2 amide bonds. The molecule has 0 aliphatic carbocycles. The summed E-state index contributed by atoms with van der Waals surface area (Å²) < 4.78 is 0. The molecule has 0 saturated carbocycles. The van der Waals surface area contributed by atoms with Gasteiger partial charge >= 0.3 is 0 Å². The van der Waals surface area contributed by atoms with E-state index < -0.39 is 5.91 Å². The molecule has 0 fully saturated rings. The van der Waals surface area contributed by atoms with E-state index in [1.54, 1.807) is 12.1 Å². The van der Waals surface area contributed by atoms with Crippen LogP contribution in [-0.4, -0.2) is 49.4 Å². The highest BCUT2D eigenvalue weighted by atomic mass is 127. The van der Waals surface area contributed by atoms with Gasteiger partial charge < -0.3 is 21.3 Å². The van der Waals surface area contributed by atoms with Crippen molar-refractivity contribution in [2.24, 2.45) is 10.7 Å². The number of carbonyl (C=O) groups excluding carboxylic acids is 2. The Morgan fingerprint density at radius 2 is 1.93 bits per heavy atom. The third-order valence-corrected chi connectivity index (χ3v) is 3.65. The van der Waals surface area contributed by atoms with Gasteiger partial charge in [0.25, 0.3) is 5.91 Å². The number of unbranched alkanes of at least 4 members (excludes halogenated alkanes) is 1. The Hall–Kier alpha value is -2.10. The third kappa shape index (κ3) is 9.97. The first-order chi connectivity index (χ1) is 12.5. The van der Waals surface area contributed by atoms with E-state index in [9.17, 15) is 9.59 Å². The normalized spacial score (nSPS) is 10.5. The van der Waals surface area contributed by atoms with Crippen molar-refractivity contribution >= 4 is 41.8 Å². The van der Waals surface area contributed by atoms with Crippen LogP contribution in [0.25, 0.3) is 0 Å². The van der Waals surface area contributed by atoms with E-state index in [-0.39, 0.29) is 36.4 Å². The second-order valence-corrected chi connectivity index (χ2v) is 5.87. The lowest BCUT2D eigenvalue weighted by molar-refractivity contribution is -0.117. The monoisotopic (exact) mass is 487 g/mol. The second-order valence-electron chi connectivity index (χ2n) is 5.87. The minimum Gasteiger partial charge on any atom is -0.368 e. The molecule has 0 heterocycles. The zero-order valence-electron chi connectivity index (χ0n) is 16.0. The van der Waals surface area contributed by atoms with Gasteiger partial charge in [0.2, 0.25) is 5.91 Å². The van der Waals surface area contributed by atoms with Crippen LogP contribution in [0.1, 0.15) is 35.7 Å². The van der Waals surface area contributed by atoms with Gasteiger partial charge in [-0.15, -0.1) is 30.6 Å². The SMILES string of the molecule is C=CCCCN(C)C(=NCc1ccc(C(=O)NCC(N)=O)cc1)NCC.I. The maximum Gasteiger partial charge on any atom is 0.251 e. The molecule has 1 aromatic carbocycles. The standard InChI is InChI=1S/C19H29N5O2.HI/c1-4-6-7-12-24(3)19(21-5-2)23-13-15-8-10-16(11-9-15)18(26)22-14-17(20)25;/h4,8-11H,1,5-7,12-14H2,2-3H3,(H2,20,25)(H,21,23)(H,22,26);1H. The maximum atomic E-state index is 11.9. The van der Waals surface area contributed by atoms with Gasteiger partial charge in [0.05, 0.1) is 13.1 Å². The maximum absolute atomic E-state index is 11.9. The predicted molar refractivity (Wildman–Crippen MR) is 120 cm³/mol. The van der Waals surface area contributed by atoms with E-state index in [1.807, 2.05) is 32.2 Å². The Bertz CT molecular complexity index is 631. The van der Waals surface area contributed by atoms with Crippen LogP contribution >= 0.6 is 24.0 Å². The zero-order valence-corrected chi connectivity index (χ0v) is 18.4. The van der Waals surface area contributed by atoms with E-state index in [0.717, 1.165) is 37.5 Å². The van der Waals surface area contributed by atoms with E-state index in [1.165, 1.54) is 0 Å². The fourth-order valence-electron chi connectivity index (χ4n) is 2.25. The minimum absolute atomic E-state index is 0. The summed E-state index contributed by atoms with van der Waals surface area (Å²) in [4.78, 5) is 29.3. The number of nitrogens with zero attached hydrogens (tertiary/aromatic N) is 2. The summed E-state index contributed by atoms with van der Waals surface area (Å²) in [6.07, 6.45) is 3.92. The molecule has 0 aromatic heterocycles. The Kier molecular flexibility index (Phi) is 12.9. The van der Waals surface area contributed by atoms with Crippen LogP contribution in [0.2, 0.25) is 0 Å². The number of allylic oxidation sites excluding steroid dienone is 1. The number of nitrogens with two attached hydrogens (primary N) is 1. The van der Waals surface area contributed by atoms with Gasteiger partial charge in [0, 0.05) is 25.7 Å². The van der Waals surface area contributed by atoms with Crippen LogP contribution < -0.4 is 16.4 Å².